The van der Waals surface area contributed by atoms with Gasteiger partial charge in [-0.1, -0.05) is 19.1 Å². The standard InChI is InChI=1S/C25H23F4N5O3S2.C11H13F3O2/c1-4-17(35)13-38-14(2)30-24(37)31-20-10-7-16(11-19(20)26)21-12-22(33-32-21)34(3)23(36)15-5-8-18(9-6-15)39-25(27,28)29;1-8-5-10(15-2)4-3-9(8)6-16-7-11(12,13)14/h5-12H,4,13H2,1-3H3,(H,31,37)(H,32,33);3-5H,6-7H2,1-2H3/b30-14-;. The fraction of sp³-hybridized carbons (Fsp3) is 0.306. The third kappa shape index (κ3) is 15.1. The Balaban J connectivity index is 0.000000424. The van der Waals surface area contributed by atoms with Crippen molar-refractivity contribution in [3.8, 4) is 17.0 Å². The Morgan fingerprint density at radius 1 is 0.982 bits per heavy atom. The highest BCUT2D eigenvalue weighted by Crippen LogP contribution is 2.37. The van der Waals surface area contributed by atoms with Gasteiger partial charge in [-0.25, -0.2) is 9.18 Å². The van der Waals surface area contributed by atoms with E-state index in [9.17, 15) is 45.1 Å². The number of hydrogen-bond acceptors (Lipinski definition) is 8. The number of Topliss-reactive ketones (excluding diaryl/α,β-unsaturated/α-hetero) is 1. The molecule has 0 aliphatic heterocycles. The van der Waals surface area contributed by atoms with E-state index in [1.54, 1.807) is 39.0 Å². The number of hydrogen-bond donors (Lipinski definition) is 2. The average Bonchev–Trinajstić information content (AvgIpc) is 3.61. The van der Waals surface area contributed by atoms with Gasteiger partial charge in [0.15, 0.2) is 5.82 Å². The number of urea groups is 1. The number of amides is 3. The second-order valence-corrected chi connectivity index (χ2v) is 13.7. The van der Waals surface area contributed by atoms with E-state index in [-0.39, 0.29) is 51.9 Å². The van der Waals surface area contributed by atoms with Crippen LogP contribution in [0, 0.1) is 12.7 Å². The summed E-state index contributed by atoms with van der Waals surface area (Å²) in [6, 6.07) is 14.9. The van der Waals surface area contributed by atoms with E-state index in [1.807, 2.05) is 0 Å². The lowest BCUT2D eigenvalue weighted by Gasteiger charge is -2.14. The Morgan fingerprint density at radius 3 is 2.25 bits per heavy atom. The first-order valence-corrected chi connectivity index (χ1v) is 17.9. The number of anilines is 2. The number of rotatable bonds is 12. The van der Waals surface area contributed by atoms with Gasteiger partial charge in [0.1, 0.15) is 24.0 Å². The van der Waals surface area contributed by atoms with E-state index in [1.165, 1.54) is 61.5 Å². The molecule has 296 valence electrons. The van der Waals surface area contributed by atoms with Gasteiger partial charge >= 0.3 is 17.7 Å². The van der Waals surface area contributed by atoms with Crippen molar-refractivity contribution < 1.29 is 54.6 Å². The number of ketones is 1. The SMILES string of the molecule is CCC(=O)CS/C(C)=N\C(=O)Nc1ccc(-c2cc(N(C)C(=O)c3ccc(SC(F)(F)F)cc3)n[nH]2)cc1F.COc1ccc(COCC(F)(F)F)c(C)c1. The zero-order valence-corrected chi connectivity index (χ0v) is 31.7. The number of methoxy groups -OCH3 is 1. The number of carbonyl (C=O) groups excluding carboxylic acids is 3. The number of aliphatic imine (C=N–C) groups is 1. The molecule has 0 spiro atoms. The molecule has 0 radical (unpaired) electrons. The van der Waals surface area contributed by atoms with E-state index in [0.29, 0.717) is 28.5 Å². The zero-order valence-electron chi connectivity index (χ0n) is 30.0. The molecule has 0 saturated heterocycles. The van der Waals surface area contributed by atoms with Crippen LogP contribution in [0.3, 0.4) is 0 Å². The lowest BCUT2D eigenvalue weighted by atomic mass is 10.1. The van der Waals surface area contributed by atoms with Gasteiger partial charge in [0.05, 0.1) is 35.9 Å². The number of alkyl halides is 6. The van der Waals surface area contributed by atoms with Crippen molar-refractivity contribution in [2.75, 3.05) is 36.7 Å². The highest BCUT2D eigenvalue weighted by atomic mass is 32.2. The number of halogens is 7. The molecule has 4 rings (SSSR count). The van der Waals surface area contributed by atoms with E-state index in [0.717, 1.165) is 29.0 Å². The monoisotopic (exact) mass is 815 g/mol. The quantitative estimate of drug-likeness (QED) is 0.0627. The number of nitrogens with one attached hydrogen (secondary N) is 2. The van der Waals surface area contributed by atoms with Gasteiger partial charge in [0.25, 0.3) is 5.91 Å². The lowest BCUT2D eigenvalue weighted by molar-refractivity contribution is -0.176. The molecule has 1 heterocycles. The number of thioether (sulfide) groups is 2. The van der Waals surface area contributed by atoms with Gasteiger partial charge in [-0.3, -0.25) is 19.6 Å². The molecule has 4 aromatic rings. The van der Waals surface area contributed by atoms with E-state index in [4.69, 9.17) is 4.74 Å². The maximum atomic E-state index is 14.7. The van der Waals surface area contributed by atoms with Crippen LogP contribution in [0.15, 0.2) is 76.6 Å². The first-order valence-electron chi connectivity index (χ1n) is 16.1. The second-order valence-electron chi connectivity index (χ2n) is 11.4. The largest absolute Gasteiger partial charge is 0.497 e. The molecular weight excluding hydrogens is 780 g/mol. The molecule has 55 heavy (non-hydrogen) atoms. The van der Waals surface area contributed by atoms with Gasteiger partial charge in [-0.2, -0.15) is 36.4 Å². The van der Waals surface area contributed by atoms with Crippen molar-refractivity contribution in [3.05, 3.63) is 89.2 Å². The minimum absolute atomic E-state index is 0.0202. The summed E-state index contributed by atoms with van der Waals surface area (Å²) in [6.45, 7) is 3.84. The summed E-state index contributed by atoms with van der Waals surface area (Å²) < 4.78 is 97.3. The van der Waals surface area contributed by atoms with Crippen LogP contribution in [0.2, 0.25) is 0 Å². The molecular formula is C36H36F7N5O5S2. The van der Waals surface area contributed by atoms with Crippen LogP contribution < -0.4 is 15.0 Å². The summed E-state index contributed by atoms with van der Waals surface area (Å²) in [6.07, 6.45) is -3.89. The number of carbonyl (C=O) groups is 3. The van der Waals surface area contributed by atoms with Crippen LogP contribution in [-0.4, -0.2) is 71.2 Å². The molecule has 10 nitrogen and oxygen atoms in total. The smallest absolute Gasteiger partial charge is 0.446 e. The fourth-order valence-corrected chi connectivity index (χ4v) is 5.61. The number of H-pyrrole nitrogens is 1. The summed E-state index contributed by atoms with van der Waals surface area (Å²) in [5.74, 6) is -0.147. The highest BCUT2D eigenvalue weighted by Gasteiger charge is 2.29. The maximum absolute atomic E-state index is 14.7. The van der Waals surface area contributed by atoms with Crippen molar-refractivity contribution in [2.45, 2.75) is 50.4 Å². The van der Waals surface area contributed by atoms with Crippen molar-refractivity contribution in [1.82, 2.24) is 10.2 Å². The maximum Gasteiger partial charge on any atom is 0.446 e. The molecule has 1 aromatic heterocycles. The Labute approximate surface area is 320 Å². The van der Waals surface area contributed by atoms with Gasteiger partial charge in [0.2, 0.25) is 0 Å². The van der Waals surface area contributed by atoms with Crippen molar-refractivity contribution in [1.29, 1.82) is 0 Å². The van der Waals surface area contributed by atoms with Crippen LogP contribution in [0.1, 0.15) is 41.8 Å². The molecule has 2 N–H and O–H groups in total. The number of benzene rings is 3. The Morgan fingerprint density at radius 2 is 1.67 bits per heavy atom. The minimum Gasteiger partial charge on any atom is -0.497 e. The molecule has 0 bridgehead atoms. The number of ether oxygens (including phenoxy) is 2. The molecule has 0 unspecified atom stereocenters. The van der Waals surface area contributed by atoms with Crippen LogP contribution >= 0.6 is 23.5 Å². The predicted octanol–water partition coefficient (Wildman–Crippen LogP) is 9.85. The summed E-state index contributed by atoms with van der Waals surface area (Å²) >= 11 is 0.848. The van der Waals surface area contributed by atoms with Gasteiger partial charge in [-0.05, 0) is 85.3 Å². The third-order valence-corrected chi connectivity index (χ3v) is 8.95. The van der Waals surface area contributed by atoms with Gasteiger partial charge in [-0.15, -0.1) is 11.8 Å². The minimum atomic E-state index is -4.43. The van der Waals surface area contributed by atoms with Crippen LogP contribution in [-0.2, 0) is 16.1 Å². The van der Waals surface area contributed by atoms with E-state index >= 15 is 0 Å². The molecule has 3 amide bonds. The van der Waals surface area contributed by atoms with Crippen molar-refractivity contribution in [3.63, 3.8) is 0 Å². The molecule has 19 heteroatoms. The van der Waals surface area contributed by atoms with Gasteiger partial charge in [0, 0.05) is 35.6 Å². The summed E-state index contributed by atoms with van der Waals surface area (Å²) in [5.41, 5.74) is -2.04. The van der Waals surface area contributed by atoms with Crippen LogP contribution in [0.25, 0.3) is 11.3 Å². The topological polar surface area (TPSA) is 126 Å². The molecule has 0 aliphatic carbocycles. The first kappa shape index (κ1) is 44.5. The molecule has 0 saturated carbocycles. The Hall–Kier alpha value is -4.88. The first-order chi connectivity index (χ1) is 25.8. The molecule has 3 aromatic carbocycles. The number of aromatic amines is 1. The predicted molar refractivity (Wildman–Crippen MR) is 198 cm³/mol. The normalized spacial score (nSPS) is 11.7. The van der Waals surface area contributed by atoms with E-state index in [2.05, 4.69) is 25.2 Å². The summed E-state index contributed by atoms with van der Waals surface area (Å²) in [5, 5.41) is 9.49. The average molecular weight is 816 g/mol. The second kappa shape index (κ2) is 20.2. The molecule has 0 aliphatic rings. The van der Waals surface area contributed by atoms with E-state index < -0.39 is 36.0 Å². The molecule has 0 fully saturated rings. The summed E-state index contributed by atoms with van der Waals surface area (Å²) in [7, 11) is 2.98. The number of aromatic nitrogens is 2. The van der Waals surface area contributed by atoms with Crippen LogP contribution in [0.4, 0.5) is 47.0 Å². The van der Waals surface area contributed by atoms with Gasteiger partial charge < -0.3 is 14.8 Å². The highest BCUT2D eigenvalue weighted by molar-refractivity contribution is 8.14. The number of nitrogens with zero attached hydrogens (tertiary/aromatic N) is 3. The third-order valence-electron chi connectivity index (χ3n) is 7.24. The Bertz CT molecular complexity index is 1970. The summed E-state index contributed by atoms with van der Waals surface area (Å²) in [4.78, 5) is 41.2. The molecule has 0 atom stereocenters. The lowest BCUT2D eigenvalue weighted by Crippen LogP contribution is -2.26. The zero-order chi connectivity index (χ0) is 40.9. The van der Waals surface area contributed by atoms with Crippen LogP contribution in [0.5, 0.6) is 5.75 Å². The van der Waals surface area contributed by atoms with Crippen molar-refractivity contribution >= 4 is 57.8 Å². The van der Waals surface area contributed by atoms with Crippen molar-refractivity contribution in [2.24, 2.45) is 4.99 Å². The number of aryl methyl sites for hydroxylation is 1. The Kier molecular flexibility index (Phi) is 16.3. The fourth-order valence-electron chi connectivity index (χ4n) is 4.35.